The van der Waals surface area contributed by atoms with Crippen LogP contribution in [0.4, 0.5) is 0 Å². The molecule has 0 spiro atoms. The summed E-state index contributed by atoms with van der Waals surface area (Å²) >= 11 is 0. The van der Waals surface area contributed by atoms with Gasteiger partial charge in [-0.1, -0.05) is 12.1 Å². The van der Waals surface area contributed by atoms with Crippen molar-refractivity contribution < 1.29 is 19.1 Å². The molecule has 0 saturated heterocycles. The molecule has 2 amide bonds. The van der Waals surface area contributed by atoms with E-state index in [1.165, 1.54) is 25.4 Å². The van der Waals surface area contributed by atoms with Crippen molar-refractivity contribution in [3.63, 3.8) is 0 Å². The summed E-state index contributed by atoms with van der Waals surface area (Å²) in [6, 6.07) is 8.76. The molecule has 9 nitrogen and oxygen atoms in total. The molecule has 30 heavy (non-hydrogen) atoms. The fraction of sp³-hybridized carbons (Fsp3) is 0.190. The lowest BCUT2D eigenvalue weighted by atomic mass is 9.94. The minimum absolute atomic E-state index is 0.104. The van der Waals surface area contributed by atoms with Crippen LogP contribution in [0.1, 0.15) is 26.4 Å². The fourth-order valence-corrected chi connectivity index (χ4v) is 3.27. The minimum Gasteiger partial charge on any atom is -0.491 e. The topological polar surface area (TPSA) is 129 Å². The van der Waals surface area contributed by atoms with Crippen LogP contribution < -0.4 is 20.5 Å². The zero-order valence-corrected chi connectivity index (χ0v) is 16.2. The molecule has 4 rings (SSSR count). The lowest BCUT2D eigenvalue weighted by Crippen LogP contribution is -2.43. The molecule has 0 fully saturated rings. The number of primary amides is 1. The van der Waals surface area contributed by atoms with Crippen molar-refractivity contribution in [2.45, 2.75) is 12.5 Å². The van der Waals surface area contributed by atoms with Crippen LogP contribution in [0.3, 0.4) is 0 Å². The maximum atomic E-state index is 12.6. The number of fused-ring (bicyclic) bond motifs is 1. The second kappa shape index (κ2) is 8.16. The van der Waals surface area contributed by atoms with E-state index in [9.17, 15) is 9.59 Å². The first-order valence-corrected chi connectivity index (χ1v) is 9.23. The van der Waals surface area contributed by atoms with Crippen LogP contribution in [0.15, 0.2) is 48.9 Å². The molecule has 1 atom stereocenters. The lowest BCUT2D eigenvalue weighted by molar-refractivity contribution is 0.0913. The number of aromatic nitrogens is 3. The SMILES string of the molecule is COc1ncc(-c2cccc3c2C[C@H](NC(=O)c2ccc(C(N)=O)nc2)CO3)cn1. The first-order valence-electron chi connectivity index (χ1n) is 9.23. The summed E-state index contributed by atoms with van der Waals surface area (Å²) in [6.07, 6.45) is 5.29. The summed E-state index contributed by atoms with van der Waals surface area (Å²) in [5.74, 6) is -0.184. The number of methoxy groups -OCH3 is 1. The summed E-state index contributed by atoms with van der Waals surface area (Å²) in [5, 5.41) is 2.95. The number of nitrogens with two attached hydrogens (primary N) is 1. The molecule has 0 unspecified atom stereocenters. The average molecular weight is 405 g/mol. The molecule has 0 saturated carbocycles. The number of rotatable bonds is 5. The summed E-state index contributed by atoms with van der Waals surface area (Å²) in [6.45, 7) is 0.341. The number of pyridine rings is 1. The monoisotopic (exact) mass is 405 g/mol. The molecule has 1 aliphatic rings. The quantitative estimate of drug-likeness (QED) is 0.656. The Morgan fingerprint density at radius 1 is 1.13 bits per heavy atom. The Hall–Kier alpha value is -4.01. The number of benzene rings is 1. The van der Waals surface area contributed by atoms with E-state index in [1.54, 1.807) is 12.4 Å². The highest BCUT2D eigenvalue weighted by Gasteiger charge is 2.25. The van der Waals surface area contributed by atoms with Crippen molar-refractivity contribution in [3.8, 4) is 22.9 Å². The smallest absolute Gasteiger partial charge is 0.316 e. The Bertz CT molecular complexity index is 1080. The van der Waals surface area contributed by atoms with Crippen LogP contribution >= 0.6 is 0 Å². The van der Waals surface area contributed by atoms with E-state index in [1.807, 2.05) is 18.2 Å². The van der Waals surface area contributed by atoms with Crippen LogP contribution in [-0.2, 0) is 6.42 Å². The number of amides is 2. The van der Waals surface area contributed by atoms with Gasteiger partial charge in [0.25, 0.3) is 11.8 Å². The van der Waals surface area contributed by atoms with Crippen molar-refractivity contribution in [1.29, 1.82) is 0 Å². The van der Waals surface area contributed by atoms with Gasteiger partial charge in [0.05, 0.1) is 18.7 Å². The van der Waals surface area contributed by atoms with Crippen molar-refractivity contribution in [1.82, 2.24) is 20.3 Å². The zero-order chi connectivity index (χ0) is 21.1. The van der Waals surface area contributed by atoms with Crippen LogP contribution in [0.2, 0.25) is 0 Å². The summed E-state index contributed by atoms with van der Waals surface area (Å²) < 4.78 is 10.9. The van der Waals surface area contributed by atoms with Crippen LogP contribution in [0.5, 0.6) is 11.8 Å². The number of carbonyl (C=O) groups is 2. The van der Waals surface area contributed by atoms with Crippen molar-refractivity contribution in [3.05, 3.63) is 65.7 Å². The van der Waals surface area contributed by atoms with E-state index in [2.05, 4.69) is 20.3 Å². The molecule has 3 heterocycles. The van der Waals surface area contributed by atoms with E-state index < -0.39 is 5.91 Å². The number of nitrogens with zero attached hydrogens (tertiary/aromatic N) is 3. The normalized spacial score (nSPS) is 14.9. The molecular formula is C21H19N5O4. The second-order valence-electron chi connectivity index (χ2n) is 6.72. The predicted molar refractivity (Wildman–Crippen MR) is 107 cm³/mol. The number of ether oxygens (including phenoxy) is 2. The van der Waals surface area contributed by atoms with E-state index in [0.29, 0.717) is 24.6 Å². The summed E-state index contributed by atoms with van der Waals surface area (Å²) in [5.41, 5.74) is 8.34. The highest BCUT2D eigenvalue weighted by atomic mass is 16.5. The molecule has 3 N–H and O–H groups in total. The van der Waals surface area contributed by atoms with Gasteiger partial charge in [-0.05, 0) is 23.8 Å². The third kappa shape index (κ3) is 3.90. The Labute approximate surface area is 172 Å². The average Bonchev–Trinajstić information content (AvgIpc) is 2.78. The van der Waals surface area contributed by atoms with Gasteiger partial charge < -0.3 is 20.5 Å². The van der Waals surface area contributed by atoms with Crippen molar-refractivity contribution >= 4 is 11.8 Å². The maximum absolute atomic E-state index is 12.6. The molecule has 1 aromatic carbocycles. The number of nitrogens with one attached hydrogen (secondary N) is 1. The third-order valence-corrected chi connectivity index (χ3v) is 4.76. The van der Waals surface area contributed by atoms with Crippen molar-refractivity contribution in [2.24, 2.45) is 5.73 Å². The van der Waals surface area contributed by atoms with Gasteiger partial charge in [-0.2, -0.15) is 0 Å². The standard InChI is InChI=1S/C21H19N5O4/c1-29-21-24-9-13(10-25-21)15-3-2-4-18-16(15)7-14(11-30-18)26-20(28)12-5-6-17(19(22)27)23-8-12/h2-6,8-10,14H,7,11H2,1H3,(H2,22,27)(H,26,28)/t14-/m0/s1. The van der Waals surface area contributed by atoms with E-state index in [0.717, 1.165) is 22.4 Å². The van der Waals surface area contributed by atoms with Gasteiger partial charge in [0.2, 0.25) is 0 Å². The Morgan fingerprint density at radius 2 is 1.93 bits per heavy atom. The van der Waals surface area contributed by atoms with E-state index in [-0.39, 0.29) is 17.6 Å². The van der Waals surface area contributed by atoms with Crippen LogP contribution in [0.25, 0.3) is 11.1 Å². The van der Waals surface area contributed by atoms with Gasteiger partial charge in [-0.25, -0.2) is 9.97 Å². The third-order valence-electron chi connectivity index (χ3n) is 4.76. The molecule has 0 radical (unpaired) electrons. The summed E-state index contributed by atoms with van der Waals surface area (Å²) in [7, 11) is 1.51. The number of hydrogen-bond donors (Lipinski definition) is 2. The molecule has 2 aromatic heterocycles. The number of carbonyl (C=O) groups excluding carboxylic acids is 2. The lowest BCUT2D eigenvalue weighted by Gasteiger charge is -2.28. The molecule has 3 aromatic rings. The second-order valence-corrected chi connectivity index (χ2v) is 6.72. The van der Waals surface area contributed by atoms with Crippen LogP contribution in [0, 0.1) is 0 Å². The van der Waals surface area contributed by atoms with Gasteiger partial charge in [0, 0.05) is 36.1 Å². The number of hydrogen-bond acceptors (Lipinski definition) is 7. The highest BCUT2D eigenvalue weighted by Crippen LogP contribution is 2.34. The Morgan fingerprint density at radius 3 is 2.60 bits per heavy atom. The first kappa shape index (κ1) is 19.3. The van der Waals surface area contributed by atoms with Crippen LogP contribution in [-0.4, -0.2) is 46.5 Å². The molecule has 0 bridgehead atoms. The van der Waals surface area contributed by atoms with Gasteiger partial charge >= 0.3 is 6.01 Å². The molecule has 1 aliphatic heterocycles. The first-order chi connectivity index (χ1) is 14.5. The molecule has 0 aliphatic carbocycles. The maximum Gasteiger partial charge on any atom is 0.316 e. The van der Waals surface area contributed by atoms with E-state index in [4.69, 9.17) is 15.2 Å². The fourth-order valence-electron chi connectivity index (χ4n) is 3.27. The van der Waals surface area contributed by atoms with Gasteiger partial charge in [0.1, 0.15) is 18.1 Å². The van der Waals surface area contributed by atoms with Gasteiger partial charge in [-0.3, -0.25) is 14.6 Å². The summed E-state index contributed by atoms with van der Waals surface area (Å²) in [4.78, 5) is 35.9. The largest absolute Gasteiger partial charge is 0.491 e. The highest BCUT2D eigenvalue weighted by molar-refractivity contribution is 5.96. The minimum atomic E-state index is -0.644. The molecular weight excluding hydrogens is 386 g/mol. The molecule has 152 valence electrons. The predicted octanol–water partition coefficient (Wildman–Crippen LogP) is 1.38. The van der Waals surface area contributed by atoms with Gasteiger partial charge in [-0.15, -0.1) is 0 Å². The molecule has 9 heteroatoms. The Kier molecular flexibility index (Phi) is 5.25. The van der Waals surface area contributed by atoms with Gasteiger partial charge in [0.15, 0.2) is 0 Å². The van der Waals surface area contributed by atoms with Crippen molar-refractivity contribution in [2.75, 3.05) is 13.7 Å². The Balaban J connectivity index is 1.52. The van der Waals surface area contributed by atoms with E-state index >= 15 is 0 Å². The zero-order valence-electron chi connectivity index (χ0n) is 16.2.